The van der Waals surface area contributed by atoms with Crippen LogP contribution in [0.1, 0.15) is 55.7 Å². The molecule has 3 heterocycles. The average Bonchev–Trinajstić information content (AvgIpc) is 3.43. The number of carbonyl (C=O) groups is 1. The van der Waals surface area contributed by atoms with E-state index in [0.29, 0.717) is 34.1 Å². The van der Waals surface area contributed by atoms with Crippen molar-refractivity contribution in [3.8, 4) is 0 Å². The Bertz CT molecular complexity index is 1470. The van der Waals surface area contributed by atoms with Crippen LogP contribution in [0, 0.1) is 12.8 Å². The molecule has 0 bridgehead atoms. The van der Waals surface area contributed by atoms with Gasteiger partial charge in [0, 0.05) is 41.1 Å². The van der Waals surface area contributed by atoms with Crippen molar-refractivity contribution in [1.82, 2.24) is 20.0 Å². The Hall–Kier alpha value is -2.49. The number of nitrogens with one attached hydrogen (secondary N) is 3. The number of hydrogen-bond donors (Lipinski definition) is 5. The molecule has 39 heavy (non-hydrogen) atoms. The molecule has 1 aliphatic heterocycles. The van der Waals surface area contributed by atoms with Crippen molar-refractivity contribution in [2.24, 2.45) is 5.92 Å². The Balaban J connectivity index is 0.00000353. The fourth-order valence-corrected chi connectivity index (χ4v) is 6.90. The summed E-state index contributed by atoms with van der Waals surface area (Å²) >= 11 is 7.71. The van der Waals surface area contributed by atoms with E-state index in [2.05, 4.69) is 26.7 Å². The predicted molar refractivity (Wildman–Crippen MR) is 149 cm³/mol. The third kappa shape index (κ3) is 6.64. The van der Waals surface area contributed by atoms with Crippen LogP contribution < -0.4 is 15.4 Å². The lowest BCUT2D eigenvalue weighted by Crippen LogP contribution is -2.32. The van der Waals surface area contributed by atoms with Crippen molar-refractivity contribution in [1.29, 1.82) is 0 Å². The van der Waals surface area contributed by atoms with Crippen molar-refractivity contribution >= 4 is 44.8 Å². The summed E-state index contributed by atoms with van der Waals surface area (Å²) in [5.74, 6) is -0.249. The normalized spacial score (nSPS) is 22.7. The first-order valence-electron chi connectivity index (χ1n) is 12.2. The molecule has 0 amide bonds. The van der Waals surface area contributed by atoms with Crippen LogP contribution in [0.4, 0.5) is 5.82 Å². The number of nitrogens with zero attached hydrogens (tertiary/aromatic N) is 2. The second-order valence-corrected chi connectivity index (χ2v) is 12.6. The van der Waals surface area contributed by atoms with Gasteiger partial charge in [0.1, 0.15) is 12.1 Å². The Morgan fingerprint density at radius 3 is 2.82 bits per heavy atom. The number of hydrogen-bond acceptors (Lipinski definition) is 9. The van der Waals surface area contributed by atoms with E-state index in [1.165, 1.54) is 29.4 Å². The molecule has 1 aliphatic carbocycles. The van der Waals surface area contributed by atoms with Crippen LogP contribution in [-0.2, 0) is 16.7 Å². The lowest BCUT2D eigenvalue weighted by atomic mass is 9.90. The summed E-state index contributed by atoms with van der Waals surface area (Å²) in [5.41, 5.74) is 3.70. The number of aliphatic hydroxyl groups excluding tert-OH is 1. The van der Waals surface area contributed by atoms with E-state index in [4.69, 9.17) is 16.2 Å². The number of carbonyl (C=O) groups excluding carboxylic acids is 1. The fourth-order valence-electron chi connectivity index (χ4n) is 5.28. The van der Waals surface area contributed by atoms with Gasteiger partial charge in [0.15, 0.2) is 0 Å². The monoisotopic (exact) mass is 595 g/mol. The molecular weight excluding hydrogens is 566 g/mol. The van der Waals surface area contributed by atoms with Crippen LogP contribution in [0.15, 0.2) is 36.8 Å². The predicted octanol–water partition coefficient (Wildman–Crippen LogP) is 2.09. The molecule has 14 heteroatoms. The third-order valence-corrected chi connectivity index (χ3v) is 8.97. The van der Waals surface area contributed by atoms with E-state index < -0.39 is 22.3 Å². The molecule has 2 aromatic heterocycles. The zero-order valence-electron chi connectivity index (χ0n) is 21.0. The highest BCUT2D eigenvalue weighted by Gasteiger charge is 2.34. The van der Waals surface area contributed by atoms with Crippen molar-refractivity contribution in [3.63, 3.8) is 0 Å². The summed E-state index contributed by atoms with van der Waals surface area (Å²) in [6.45, 7) is 2.74. The van der Waals surface area contributed by atoms with Crippen molar-refractivity contribution in [3.05, 3.63) is 73.8 Å². The number of benzene rings is 1. The summed E-state index contributed by atoms with van der Waals surface area (Å²) < 4.78 is 33.0. The van der Waals surface area contributed by atoms with Crippen molar-refractivity contribution in [2.45, 2.75) is 44.4 Å². The van der Waals surface area contributed by atoms with Gasteiger partial charge in [-0.3, -0.25) is 9.35 Å². The van der Waals surface area contributed by atoms with Crippen molar-refractivity contribution < 1.29 is 28.3 Å². The van der Waals surface area contributed by atoms with Gasteiger partial charge in [-0.25, -0.2) is 9.97 Å². The summed E-state index contributed by atoms with van der Waals surface area (Å²) in [6, 6.07) is 7.55. The second kappa shape index (κ2) is 11.9. The molecule has 2 aliphatic rings. The smallest absolute Gasteiger partial charge is 0.333 e. The van der Waals surface area contributed by atoms with Gasteiger partial charge in [-0.2, -0.15) is 13.1 Å². The maximum absolute atomic E-state index is 13.6. The van der Waals surface area contributed by atoms with E-state index in [9.17, 15) is 18.3 Å². The van der Waals surface area contributed by atoms with Crippen LogP contribution in [0.3, 0.4) is 0 Å². The molecule has 7 N–H and O–H groups in total. The van der Waals surface area contributed by atoms with Crippen LogP contribution in [-0.4, -0.2) is 64.5 Å². The Morgan fingerprint density at radius 1 is 1.26 bits per heavy atom. The van der Waals surface area contributed by atoms with Gasteiger partial charge in [0.05, 0.1) is 22.6 Å². The van der Waals surface area contributed by atoms with Gasteiger partial charge < -0.3 is 21.2 Å². The highest BCUT2D eigenvalue weighted by molar-refractivity contribution is 7.83. The van der Waals surface area contributed by atoms with Gasteiger partial charge >= 0.3 is 10.3 Å². The van der Waals surface area contributed by atoms with Crippen LogP contribution >= 0.6 is 22.9 Å². The molecule has 0 saturated heterocycles. The topological polar surface area (TPSA) is 185 Å². The summed E-state index contributed by atoms with van der Waals surface area (Å²) in [6.07, 6.45) is 3.73. The highest BCUT2D eigenvalue weighted by Crippen LogP contribution is 2.37. The van der Waals surface area contributed by atoms with Crippen LogP contribution in [0.25, 0.3) is 0 Å². The van der Waals surface area contributed by atoms with E-state index >= 15 is 0 Å². The van der Waals surface area contributed by atoms with Crippen molar-refractivity contribution in [2.75, 3.05) is 18.4 Å². The van der Waals surface area contributed by atoms with E-state index in [1.54, 1.807) is 0 Å². The number of aliphatic hydroxyl groups is 1. The number of rotatable bonds is 8. The summed E-state index contributed by atoms with van der Waals surface area (Å²) in [5, 5.41) is 17.8. The zero-order valence-corrected chi connectivity index (χ0v) is 23.4. The number of halogens is 1. The molecule has 4 atom stereocenters. The first-order chi connectivity index (χ1) is 18.1. The molecule has 1 saturated carbocycles. The second-order valence-electron chi connectivity index (χ2n) is 9.68. The number of thiophene rings is 1. The first kappa shape index (κ1) is 29.5. The average molecular weight is 596 g/mol. The molecule has 0 spiro atoms. The fraction of sp³-hybridized carbons (Fsp3) is 0.400. The SMILES string of the molecule is Cc1sc(C(=O)c2cncnc2N[C@@H]2C[C@H](CNS(=O)(=O)O)[C@@H](O)C2)cc1[C@@H]1NCCc2ccc(Cl)cc21.O. The maximum Gasteiger partial charge on any atom is 0.333 e. The van der Waals surface area contributed by atoms with Crippen LogP contribution in [0.5, 0.6) is 0 Å². The van der Waals surface area contributed by atoms with E-state index in [0.717, 1.165) is 29.0 Å². The molecular formula is C25H30ClN5O6S2. The van der Waals surface area contributed by atoms with Gasteiger partial charge in [0.2, 0.25) is 5.78 Å². The molecule has 3 aromatic rings. The van der Waals surface area contributed by atoms with E-state index in [1.807, 2.05) is 29.8 Å². The third-order valence-electron chi connectivity index (χ3n) is 7.14. The number of aryl methyl sites for hydroxylation is 1. The largest absolute Gasteiger partial charge is 0.412 e. The maximum atomic E-state index is 13.6. The Morgan fingerprint density at radius 2 is 2.05 bits per heavy atom. The number of ketones is 1. The Kier molecular flexibility index (Phi) is 9.03. The highest BCUT2D eigenvalue weighted by atomic mass is 35.5. The van der Waals surface area contributed by atoms with Gasteiger partial charge in [-0.05, 0) is 61.1 Å². The lowest BCUT2D eigenvalue weighted by molar-refractivity contribution is 0.104. The molecule has 1 aromatic carbocycles. The Labute approximate surface area is 235 Å². The molecule has 5 rings (SSSR count). The zero-order chi connectivity index (χ0) is 27.0. The summed E-state index contributed by atoms with van der Waals surface area (Å²) in [7, 11) is -4.35. The lowest BCUT2D eigenvalue weighted by Gasteiger charge is -2.27. The van der Waals surface area contributed by atoms with Gasteiger partial charge in [-0.1, -0.05) is 17.7 Å². The number of fused-ring (bicyclic) bond motifs is 1. The minimum Gasteiger partial charge on any atom is -0.412 e. The number of anilines is 1. The molecule has 1 fully saturated rings. The standard InChI is InChI=1S/C25H28ClN5O5S2.H2O/c1-13-18(23-19-7-16(26)3-2-14(19)4-5-28-23)9-22(37-13)24(33)20-11-27-12-29-25(20)31-17-6-15(21(32)8-17)10-30-38(34,35)36;/h2-3,7,9,11-12,15,17,21,23,28,30,32H,4-6,8,10H2,1H3,(H,27,29,31)(H,34,35,36);1H2/t15-,17-,21+,23+;/m1./s1. The number of aromatic nitrogens is 2. The van der Waals surface area contributed by atoms with Crippen LogP contribution in [0.2, 0.25) is 5.02 Å². The quantitative estimate of drug-likeness (QED) is 0.192. The molecule has 0 unspecified atom stereocenters. The van der Waals surface area contributed by atoms with E-state index in [-0.39, 0.29) is 29.9 Å². The minimum absolute atomic E-state index is 0. The van der Waals surface area contributed by atoms with Gasteiger partial charge in [0.25, 0.3) is 0 Å². The van der Waals surface area contributed by atoms with Gasteiger partial charge in [-0.15, -0.1) is 11.3 Å². The minimum atomic E-state index is -4.35. The molecule has 0 radical (unpaired) electrons. The first-order valence-corrected chi connectivity index (χ1v) is 14.9. The summed E-state index contributed by atoms with van der Waals surface area (Å²) in [4.78, 5) is 23.6. The molecule has 210 valence electrons. The molecule has 11 nitrogen and oxygen atoms in total.